The second-order valence-electron chi connectivity index (χ2n) is 6.65. The van der Waals surface area contributed by atoms with Gasteiger partial charge in [-0.15, -0.1) is 0 Å². The van der Waals surface area contributed by atoms with Crippen LogP contribution in [-0.4, -0.2) is 125 Å². The highest BCUT2D eigenvalue weighted by Crippen LogP contribution is 2.17. The molecular weight excluding hydrogens is 428 g/mol. The van der Waals surface area contributed by atoms with Crippen LogP contribution in [-0.2, 0) is 38.1 Å². The van der Waals surface area contributed by atoms with E-state index in [1.54, 1.807) is 0 Å². The molecule has 32 heavy (non-hydrogen) atoms. The van der Waals surface area contributed by atoms with Crippen LogP contribution in [0.5, 0.6) is 0 Å². The first-order chi connectivity index (χ1) is 15.2. The van der Waals surface area contributed by atoms with Gasteiger partial charge in [-0.2, -0.15) is 0 Å². The molecule has 0 aromatic rings. The van der Waals surface area contributed by atoms with E-state index in [2.05, 4.69) is 0 Å². The molecule has 0 unspecified atom stereocenters. The van der Waals surface area contributed by atoms with Crippen LogP contribution in [0.3, 0.4) is 0 Å². The van der Waals surface area contributed by atoms with E-state index in [9.17, 15) is 29.4 Å². The van der Waals surface area contributed by atoms with Crippen LogP contribution >= 0.6 is 0 Å². The number of hydrogen-bond donors (Lipinski definition) is 2. The van der Waals surface area contributed by atoms with Crippen molar-refractivity contribution < 1.29 is 48.3 Å². The van der Waals surface area contributed by atoms with E-state index in [4.69, 9.17) is 18.9 Å². The molecule has 0 rings (SSSR count). The third-order valence-electron chi connectivity index (χ3n) is 4.50. The molecule has 0 saturated heterocycles. The van der Waals surface area contributed by atoms with E-state index >= 15 is 0 Å². The van der Waals surface area contributed by atoms with Gasteiger partial charge < -0.3 is 39.0 Å². The summed E-state index contributed by atoms with van der Waals surface area (Å²) in [4.78, 5) is 51.7. The van der Waals surface area contributed by atoms with E-state index < -0.39 is 47.7 Å². The van der Waals surface area contributed by atoms with Gasteiger partial charge in [0.25, 0.3) is 0 Å². The van der Waals surface area contributed by atoms with Gasteiger partial charge in [0.15, 0.2) is 0 Å². The lowest BCUT2D eigenvalue weighted by Gasteiger charge is -2.24. The SMILES string of the molecule is COCCN(CCOC)C(=O)CC(C(=O)O)=C(CC(=O)N(CCOC)CCOC)C(=O)O. The van der Waals surface area contributed by atoms with Gasteiger partial charge in [0.1, 0.15) is 0 Å². The lowest BCUT2D eigenvalue weighted by molar-refractivity contribution is -0.139. The zero-order valence-corrected chi connectivity index (χ0v) is 19.1. The van der Waals surface area contributed by atoms with Crippen LogP contribution in [0, 0.1) is 0 Å². The van der Waals surface area contributed by atoms with Crippen molar-refractivity contribution in [1.82, 2.24) is 9.80 Å². The highest BCUT2D eigenvalue weighted by molar-refractivity contribution is 6.05. The first kappa shape index (κ1) is 29.5. The smallest absolute Gasteiger partial charge is 0.332 e. The molecule has 12 heteroatoms. The van der Waals surface area contributed by atoms with Crippen molar-refractivity contribution in [2.24, 2.45) is 0 Å². The van der Waals surface area contributed by atoms with Crippen LogP contribution in [0.1, 0.15) is 12.8 Å². The Labute approximate surface area is 187 Å². The summed E-state index contributed by atoms with van der Waals surface area (Å²) in [5.74, 6) is -4.39. The molecule has 0 aliphatic heterocycles. The van der Waals surface area contributed by atoms with Crippen LogP contribution in [0.15, 0.2) is 11.1 Å². The van der Waals surface area contributed by atoms with Gasteiger partial charge in [-0.3, -0.25) is 9.59 Å². The summed E-state index contributed by atoms with van der Waals surface area (Å²) in [7, 11) is 5.81. The number of amides is 2. The highest BCUT2D eigenvalue weighted by Gasteiger charge is 2.28. The zero-order chi connectivity index (χ0) is 24.5. The molecule has 0 saturated carbocycles. The van der Waals surface area contributed by atoms with Gasteiger partial charge in [-0.05, 0) is 0 Å². The summed E-state index contributed by atoms with van der Waals surface area (Å²) >= 11 is 0. The second kappa shape index (κ2) is 17.1. The fourth-order valence-electron chi connectivity index (χ4n) is 2.68. The molecule has 0 spiro atoms. The Morgan fingerprint density at radius 2 is 0.812 bits per heavy atom. The maximum absolute atomic E-state index is 12.7. The van der Waals surface area contributed by atoms with Crippen LogP contribution < -0.4 is 0 Å². The Hall–Kier alpha value is -2.54. The third-order valence-corrected chi connectivity index (χ3v) is 4.50. The van der Waals surface area contributed by atoms with Crippen LogP contribution in [0.25, 0.3) is 0 Å². The topological polar surface area (TPSA) is 152 Å². The van der Waals surface area contributed by atoms with Gasteiger partial charge in [0.05, 0.1) is 50.4 Å². The number of carbonyl (C=O) groups excluding carboxylic acids is 2. The minimum absolute atomic E-state index is 0.175. The molecule has 0 atom stereocenters. The van der Waals surface area contributed by atoms with E-state index in [0.717, 1.165) is 0 Å². The summed E-state index contributed by atoms with van der Waals surface area (Å²) in [6.07, 6.45) is -1.37. The van der Waals surface area contributed by atoms with E-state index in [1.165, 1.54) is 38.2 Å². The molecule has 0 aliphatic rings. The lowest BCUT2D eigenvalue weighted by Crippen LogP contribution is -2.38. The van der Waals surface area contributed by atoms with Crippen molar-refractivity contribution in [2.75, 3.05) is 81.0 Å². The largest absolute Gasteiger partial charge is 0.478 e. The van der Waals surface area contributed by atoms with Crippen LogP contribution in [0.4, 0.5) is 0 Å². The van der Waals surface area contributed by atoms with E-state index in [0.29, 0.717) is 0 Å². The normalized spacial score (nSPS) is 11.6. The number of carboxylic acids is 2. The highest BCUT2D eigenvalue weighted by atomic mass is 16.5. The lowest BCUT2D eigenvalue weighted by atomic mass is 10.0. The second-order valence-corrected chi connectivity index (χ2v) is 6.65. The molecular formula is C20H34N2O10. The Kier molecular flexibility index (Phi) is 15.7. The summed E-state index contributed by atoms with van der Waals surface area (Å²) in [6, 6.07) is 0. The van der Waals surface area contributed by atoms with Crippen molar-refractivity contribution in [2.45, 2.75) is 12.8 Å². The fraction of sp³-hybridized carbons (Fsp3) is 0.700. The fourth-order valence-corrected chi connectivity index (χ4v) is 2.68. The van der Waals surface area contributed by atoms with Crippen LogP contribution in [0.2, 0.25) is 0 Å². The number of hydrogen-bond acceptors (Lipinski definition) is 8. The van der Waals surface area contributed by atoms with Gasteiger partial charge in [-0.25, -0.2) is 9.59 Å². The van der Waals surface area contributed by atoms with E-state index in [1.807, 2.05) is 0 Å². The number of methoxy groups -OCH3 is 4. The first-order valence-electron chi connectivity index (χ1n) is 9.93. The summed E-state index contributed by atoms with van der Waals surface area (Å²) in [6.45, 7) is 1.53. The molecule has 2 N–H and O–H groups in total. The molecule has 12 nitrogen and oxygen atoms in total. The maximum atomic E-state index is 12.7. The Bertz CT molecular complexity index is 580. The van der Waals surface area contributed by atoms with Crippen molar-refractivity contribution in [1.29, 1.82) is 0 Å². The van der Waals surface area contributed by atoms with Gasteiger partial charge in [0.2, 0.25) is 11.8 Å². The van der Waals surface area contributed by atoms with Crippen molar-refractivity contribution in [3.63, 3.8) is 0 Å². The summed E-state index contributed by atoms with van der Waals surface area (Å²) in [5, 5.41) is 19.2. The van der Waals surface area contributed by atoms with Crippen molar-refractivity contribution in [3.05, 3.63) is 11.1 Å². The summed E-state index contributed by atoms with van der Waals surface area (Å²) < 4.78 is 19.8. The molecule has 0 fully saturated rings. The molecule has 2 amide bonds. The Balaban J connectivity index is 5.76. The Morgan fingerprint density at radius 1 is 0.562 bits per heavy atom. The minimum atomic E-state index is -1.58. The quantitative estimate of drug-likeness (QED) is 0.254. The molecule has 0 aromatic carbocycles. The number of nitrogens with zero attached hydrogens (tertiary/aromatic N) is 2. The van der Waals surface area contributed by atoms with Gasteiger partial charge >= 0.3 is 11.9 Å². The monoisotopic (exact) mass is 462 g/mol. The standard InChI is InChI=1S/C20H34N2O10/c1-29-9-5-21(6-10-30-2)17(23)13-15(19(25)26)16(20(27)28)14-18(24)22(7-11-31-3)8-12-32-4/h5-14H2,1-4H3,(H,25,26)(H,27,28). The van der Waals surface area contributed by atoms with Crippen molar-refractivity contribution >= 4 is 23.8 Å². The number of carboxylic acid groups (broad SMARTS) is 2. The average molecular weight is 462 g/mol. The minimum Gasteiger partial charge on any atom is -0.478 e. The maximum Gasteiger partial charge on any atom is 0.332 e. The average Bonchev–Trinajstić information content (AvgIpc) is 2.75. The number of carbonyl (C=O) groups is 4. The predicted octanol–water partition coefficient (Wildman–Crippen LogP) is -0.525. The predicted molar refractivity (Wildman–Crippen MR) is 112 cm³/mol. The zero-order valence-electron chi connectivity index (χ0n) is 19.1. The van der Waals surface area contributed by atoms with Crippen molar-refractivity contribution in [3.8, 4) is 0 Å². The third kappa shape index (κ3) is 11.2. The number of aliphatic carboxylic acids is 2. The number of rotatable bonds is 18. The van der Waals surface area contributed by atoms with E-state index in [-0.39, 0.29) is 52.6 Å². The summed E-state index contributed by atoms with van der Waals surface area (Å²) in [5.41, 5.74) is -1.29. The number of ether oxygens (including phenoxy) is 4. The van der Waals surface area contributed by atoms with Gasteiger partial charge in [0, 0.05) is 54.6 Å². The molecule has 0 aromatic heterocycles. The molecule has 0 bridgehead atoms. The molecule has 0 aliphatic carbocycles. The molecule has 184 valence electrons. The molecule has 0 heterocycles. The van der Waals surface area contributed by atoms with Gasteiger partial charge in [-0.1, -0.05) is 0 Å². The Morgan fingerprint density at radius 3 is 1.00 bits per heavy atom. The molecule has 0 radical (unpaired) electrons. The first-order valence-corrected chi connectivity index (χ1v) is 9.93.